The number of Topliss-reactive ketones (excluding diaryl/α,β-unsaturated/α-hetero) is 1. The van der Waals surface area contributed by atoms with Gasteiger partial charge in [0.1, 0.15) is 29.6 Å². The summed E-state index contributed by atoms with van der Waals surface area (Å²) in [5, 5.41) is 11.6. The normalized spacial score (nSPS) is 18.2. The Labute approximate surface area is 221 Å². The summed E-state index contributed by atoms with van der Waals surface area (Å²) in [4.78, 5) is 30.5. The zero-order valence-corrected chi connectivity index (χ0v) is 21.6. The van der Waals surface area contributed by atoms with Crippen LogP contribution in [0.25, 0.3) is 5.76 Å². The largest absolute Gasteiger partial charge is 0.507 e. The number of aliphatic hydroxyl groups is 1. The number of amides is 1. The monoisotopic (exact) mass is 514 g/mol. The third-order valence-corrected chi connectivity index (χ3v) is 6.75. The summed E-state index contributed by atoms with van der Waals surface area (Å²) in [7, 11) is 3.48. The van der Waals surface area contributed by atoms with E-state index in [-0.39, 0.29) is 11.3 Å². The van der Waals surface area contributed by atoms with Gasteiger partial charge in [-0.3, -0.25) is 14.5 Å². The molecule has 0 radical (unpaired) electrons. The first-order valence-electron chi connectivity index (χ1n) is 12.6. The molecule has 2 aliphatic heterocycles. The fraction of sp³-hybridized carbons (Fsp3) is 0.267. The van der Waals surface area contributed by atoms with Gasteiger partial charge in [0.15, 0.2) is 0 Å². The number of carbonyl (C=O) groups is 2. The van der Waals surface area contributed by atoms with E-state index in [1.165, 1.54) is 12.0 Å². The van der Waals surface area contributed by atoms with Gasteiger partial charge < -0.3 is 24.2 Å². The van der Waals surface area contributed by atoms with Crippen molar-refractivity contribution in [1.29, 1.82) is 0 Å². The van der Waals surface area contributed by atoms with E-state index in [0.29, 0.717) is 53.8 Å². The maximum atomic E-state index is 13.5. The van der Waals surface area contributed by atoms with E-state index in [1.807, 2.05) is 37.1 Å². The molecule has 1 unspecified atom stereocenters. The smallest absolute Gasteiger partial charge is 0.300 e. The van der Waals surface area contributed by atoms with Crippen molar-refractivity contribution >= 4 is 28.8 Å². The van der Waals surface area contributed by atoms with Crippen molar-refractivity contribution in [2.24, 2.45) is 0 Å². The van der Waals surface area contributed by atoms with Gasteiger partial charge in [-0.15, -0.1) is 0 Å². The van der Waals surface area contributed by atoms with Gasteiger partial charge in [0.2, 0.25) is 0 Å². The molecule has 1 amide bonds. The molecule has 0 aliphatic carbocycles. The van der Waals surface area contributed by atoms with Crippen molar-refractivity contribution in [2.75, 3.05) is 43.7 Å². The molecule has 1 atom stereocenters. The maximum absolute atomic E-state index is 13.5. The van der Waals surface area contributed by atoms with Gasteiger partial charge in [0.25, 0.3) is 11.7 Å². The van der Waals surface area contributed by atoms with Crippen LogP contribution < -0.4 is 24.0 Å². The Balaban J connectivity index is 1.68. The standard InChI is InChI=1S/C30H30N2O6/c1-4-14-37-23-10-5-7-19(16-23)27-26(28(33)20-11-12-25-24(17-20)31(2)13-15-38-25)29(34)30(35)32(27)21-8-6-9-22(18-21)36-3/h5-12,16-18,27,33H,4,13-15H2,1-3H3/b28-26-. The topological polar surface area (TPSA) is 88.5 Å². The molecule has 5 rings (SSSR count). The lowest BCUT2D eigenvalue weighted by molar-refractivity contribution is -0.132. The highest BCUT2D eigenvalue weighted by Gasteiger charge is 2.47. The zero-order chi connectivity index (χ0) is 26.8. The SMILES string of the molecule is CCCOc1cccc(C2/C(=C(/O)c3ccc4c(c3)N(C)CCO4)C(=O)C(=O)N2c2cccc(OC)c2)c1. The van der Waals surface area contributed by atoms with Crippen molar-refractivity contribution in [3.05, 3.63) is 83.4 Å². The fourth-order valence-electron chi connectivity index (χ4n) is 4.82. The Kier molecular flexibility index (Phi) is 6.96. The molecule has 8 heteroatoms. The Bertz CT molecular complexity index is 1420. The van der Waals surface area contributed by atoms with Crippen LogP contribution in [-0.2, 0) is 9.59 Å². The number of hydrogen-bond donors (Lipinski definition) is 1. The molecule has 0 spiro atoms. The van der Waals surface area contributed by atoms with E-state index in [0.717, 1.165) is 12.1 Å². The van der Waals surface area contributed by atoms with E-state index < -0.39 is 17.7 Å². The highest BCUT2D eigenvalue weighted by atomic mass is 16.5. The second kappa shape index (κ2) is 10.5. The van der Waals surface area contributed by atoms with E-state index in [4.69, 9.17) is 14.2 Å². The molecule has 1 N–H and O–H groups in total. The molecule has 196 valence electrons. The molecule has 1 saturated heterocycles. The molecular formula is C30H30N2O6. The van der Waals surface area contributed by atoms with Crippen LogP contribution in [0.3, 0.4) is 0 Å². The number of aliphatic hydroxyl groups excluding tert-OH is 1. The van der Waals surface area contributed by atoms with Gasteiger partial charge in [-0.2, -0.15) is 0 Å². The number of methoxy groups -OCH3 is 1. The lowest BCUT2D eigenvalue weighted by Crippen LogP contribution is -2.29. The van der Waals surface area contributed by atoms with Crippen molar-refractivity contribution in [3.63, 3.8) is 0 Å². The summed E-state index contributed by atoms with van der Waals surface area (Å²) in [6.07, 6.45) is 0.836. The fourth-order valence-corrected chi connectivity index (χ4v) is 4.82. The molecule has 2 heterocycles. The number of anilines is 2. The Morgan fingerprint density at radius 3 is 2.63 bits per heavy atom. The van der Waals surface area contributed by atoms with Crippen LogP contribution in [0, 0.1) is 0 Å². The summed E-state index contributed by atoms with van der Waals surface area (Å²) in [6.45, 7) is 3.81. The molecule has 0 saturated carbocycles. The molecule has 1 fully saturated rings. The maximum Gasteiger partial charge on any atom is 0.300 e. The van der Waals surface area contributed by atoms with Crippen molar-refractivity contribution in [1.82, 2.24) is 0 Å². The lowest BCUT2D eigenvalue weighted by atomic mass is 9.94. The van der Waals surface area contributed by atoms with E-state index in [2.05, 4.69) is 0 Å². The van der Waals surface area contributed by atoms with Crippen LogP contribution in [-0.4, -0.2) is 50.7 Å². The second-order valence-corrected chi connectivity index (χ2v) is 9.24. The molecular weight excluding hydrogens is 484 g/mol. The van der Waals surface area contributed by atoms with Gasteiger partial charge in [0.05, 0.1) is 37.6 Å². The Hall–Kier alpha value is -4.46. The van der Waals surface area contributed by atoms with Crippen LogP contribution in [0.1, 0.15) is 30.5 Å². The van der Waals surface area contributed by atoms with Crippen LogP contribution >= 0.6 is 0 Å². The van der Waals surface area contributed by atoms with Crippen LogP contribution in [0.15, 0.2) is 72.3 Å². The predicted molar refractivity (Wildman–Crippen MR) is 145 cm³/mol. The summed E-state index contributed by atoms with van der Waals surface area (Å²) in [5.41, 5.74) is 2.35. The minimum absolute atomic E-state index is 0.00444. The van der Waals surface area contributed by atoms with Gasteiger partial charge in [-0.1, -0.05) is 25.1 Å². The van der Waals surface area contributed by atoms with E-state index in [9.17, 15) is 14.7 Å². The summed E-state index contributed by atoms with van der Waals surface area (Å²) >= 11 is 0. The third kappa shape index (κ3) is 4.53. The molecule has 38 heavy (non-hydrogen) atoms. The number of ether oxygens (including phenoxy) is 3. The molecule has 3 aromatic rings. The van der Waals surface area contributed by atoms with E-state index >= 15 is 0 Å². The van der Waals surface area contributed by atoms with Crippen LogP contribution in [0.2, 0.25) is 0 Å². The minimum atomic E-state index is -0.878. The van der Waals surface area contributed by atoms with E-state index in [1.54, 1.807) is 48.5 Å². The minimum Gasteiger partial charge on any atom is -0.507 e. The summed E-state index contributed by atoms with van der Waals surface area (Å²) < 4.78 is 16.9. The van der Waals surface area contributed by atoms with Crippen LogP contribution in [0.4, 0.5) is 11.4 Å². The average Bonchev–Trinajstić information content (AvgIpc) is 3.21. The molecule has 3 aromatic carbocycles. The van der Waals surface area contributed by atoms with Gasteiger partial charge in [-0.05, 0) is 54.4 Å². The summed E-state index contributed by atoms with van der Waals surface area (Å²) in [6, 6.07) is 18.6. The number of benzene rings is 3. The number of rotatable bonds is 7. The van der Waals surface area contributed by atoms with Gasteiger partial charge >= 0.3 is 0 Å². The number of carbonyl (C=O) groups excluding carboxylic acids is 2. The first-order chi connectivity index (χ1) is 18.4. The number of nitrogens with zero attached hydrogens (tertiary/aromatic N) is 2. The molecule has 0 aromatic heterocycles. The number of ketones is 1. The highest BCUT2D eigenvalue weighted by Crippen LogP contribution is 2.44. The van der Waals surface area contributed by atoms with Gasteiger partial charge in [-0.25, -0.2) is 0 Å². The first kappa shape index (κ1) is 25.2. The Morgan fingerprint density at radius 1 is 1.05 bits per heavy atom. The molecule has 0 bridgehead atoms. The average molecular weight is 515 g/mol. The predicted octanol–water partition coefficient (Wildman–Crippen LogP) is 4.94. The molecule has 8 nitrogen and oxygen atoms in total. The van der Waals surface area contributed by atoms with Crippen molar-refractivity contribution in [3.8, 4) is 17.2 Å². The number of likely N-dealkylation sites (N-methyl/N-ethyl adjacent to an activating group) is 1. The zero-order valence-electron chi connectivity index (χ0n) is 21.6. The lowest BCUT2D eigenvalue weighted by Gasteiger charge is -2.28. The van der Waals surface area contributed by atoms with Crippen molar-refractivity contribution < 1.29 is 28.9 Å². The number of hydrogen-bond acceptors (Lipinski definition) is 7. The Morgan fingerprint density at radius 2 is 1.84 bits per heavy atom. The highest BCUT2D eigenvalue weighted by molar-refractivity contribution is 6.51. The van der Waals surface area contributed by atoms with Gasteiger partial charge in [0, 0.05) is 24.4 Å². The quantitative estimate of drug-likeness (QED) is 0.271. The summed E-state index contributed by atoms with van der Waals surface area (Å²) in [5.74, 6) is 0.111. The number of fused-ring (bicyclic) bond motifs is 1. The first-order valence-corrected chi connectivity index (χ1v) is 12.6. The van der Waals surface area contributed by atoms with Crippen LogP contribution in [0.5, 0.6) is 17.2 Å². The second-order valence-electron chi connectivity index (χ2n) is 9.24. The third-order valence-electron chi connectivity index (χ3n) is 6.75. The molecule has 2 aliphatic rings. The van der Waals surface area contributed by atoms with Crippen molar-refractivity contribution in [2.45, 2.75) is 19.4 Å².